The van der Waals surface area contributed by atoms with Crippen LogP contribution in [0.2, 0.25) is 0 Å². The van der Waals surface area contributed by atoms with Crippen molar-refractivity contribution in [2.45, 2.75) is 26.7 Å². The van der Waals surface area contributed by atoms with E-state index in [0.717, 1.165) is 23.4 Å². The molecule has 28 heavy (non-hydrogen) atoms. The van der Waals surface area contributed by atoms with Gasteiger partial charge in [-0.3, -0.25) is 0 Å². The smallest absolute Gasteiger partial charge is 0.0483 e. The molecule has 2 aromatic carbocycles. The Morgan fingerprint density at radius 1 is 0.750 bits per heavy atom. The molecular weight excluding hydrogens is 340 g/mol. The quantitative estimate of drug-likeness (QED) is 0.445. The lowest BCUT2D eigenvalue weighted by Gasteiger charge is -2.21. The Balaban J connectivity index is 1.85. The first-order valence-corrected chi connectivity index (χ1v) is 9.93. The second kappa shape index (κ2) is 5.75. The average molecular weight is 367 g/mol. The standard InChI is InChI=1S/C26H26N2/c1-15-13-24(18(4)27(15)5)20-8-9-21-19(17(20)3)7-10-23-22(21)11-12-26-25(23)14-16(2)28(26)6/h8-9,11-14H,3-4,7,10H2,1-2,5-6H3/b24-20-. The minimum atomic E-state index is 1.04. The molecule has 0 saturated carbocycles. The second-order valence-corrected chi connectivity index (χ2v) is 8.19. The van der Waals surface area contributed by atoms with Crippen LogP contribution in [0.15, 0.2) is 36.4 Å². The molecule has 0 atom stereocenters. The van der Waals surface area contributed by atoms with Crippen molar-refractivity contribution in [1.29, 1.82) is 0 Å². The number of aromatic nitrogens is 2. The summed E-state index contributed by atoms with van der Waals surface area (Å²) < 4.78 is 4.44. The largest absolute Gasteiger partial charge is 0.348 e. The van der Waals surface area contributed by atoms with Crippen LogP contribution in [-0.2, 0) is 26.9 Å². The van der Waals surface area contributed by atoms with E-state index < -0.39 is 0 Å². The Labute approximate surface area is 165 Å². The summed E-state index contributed by atoms with van der Waals surface area (Å²) in [7, 11) is 4.23. The summed E-state index contributed by atoms with van der Waals surface area (Å²) in [6.07, 6.45) is 2.11. The first-order valence-electron chi connectivity index (χ1n) is 9.93. The van der Waals surface area contributed by atoms with Gasteiger partial charge in [0, 0.05) is 47.0 Å². The van der Waals surface area contributed by atoms with Gasteiger partial charge in [-0.25, -0.2) is 0 Å². The predicted octanol–water partition coefficient (Wildman–Crippen LogP) is 4.01. The maximum atomic E-state index is 4.50. The fourth-order valence-electron chi connectivity index (χ4n) is 4.87. The van der Waals surface area contributed by atoms with Gasteiger partial charge in [-0.15, -0.1) is 0 Å². The molecule has 2 aromatic heterocycles. The minimum Gasteiger partial charge on any atom is -0.348 e. The van der Waals surface area contributed by atoms with Crippen molar-refractivity contribution >= 4 is 24.1 Å². The van der Waals surface area contributed by atoms with E-state index in [1.165, 1.54) is 55.0 Å². The van der Waals surface area contributed by atoms with Gasteiger partial charge in [0.2, 0.25) is 0 Å². The molecule has 2 heterocycles. The average Bonchev–Trinajstić information content (AvgIpc) is 3.12. The van der Waals surface area contributed by atoms with Crippen molar-refractivity contribution in [3.8, 4) is 11.1 Å². The van der Waals surface area contributed by atoms with Gasteiger partial charge < -0.3 is 9.13 Å². The van der Waals surface area contributed by atoms with Crippen LogP contribution < -0.4 is 10.6 Å². The number of nitrogens with zero attached hydrogens (tertiary/aromatic N) is 2. The van der Waals surface area contributed by atoms with E-state index in [9.17, 15) is 0 Å². The fraction of sp³-hybridized carbons (Fsp3) is 0.231. The Morgan fingerprint density at radius 2 is 1.39 bits per heavy atom. The third-order valence-corrected chi connectivity index (χ3v) is 6.81. The normalized spacial score (nSPS) is 14.3. The molecule has 2 heteroatoms. The summed E-state index contributed by atoms with van der Waals surface area (Å²) in [4.78, 5) is 0. The van der Waals surface area contributed by atoms with Crippen molar-refractivity contribution in [1.82, 2.24) is 9.13 Å². The van der Waals surface area contributed by atoms with E-state index in [1.54, 1.807) is 0 Å². The number of fused-ring (bicyclic) bond motifs is 5. The van der Waals surface area contributed by atoms with Crippen molar-refractivity contribution in [3.05, 3.63) is 79.9 Å². The van der Waals surface area contributed by atoms with Gasteiger partial charge in [0.15, 0.2) is 0 Å². The van der Waals surface area contributed by atoms with Gasteiger partial charge in [0.1, 0.15) is 0 Å². The van der Waals surface area contributed by atoms with Gasteiger partial charge in [-0.05, 0) is 77.6 Å². The highest BCUT2D eigenvalue weighted by molar-refractivity contribution is 5.92. The van der Waals surface area contributed by atoms with E-state index >= 15 is 0 Å². The summed E-state index contributed by atoms with van der Waals surface area (Å²) in [5.41, 5.74) is 9.44. The number of hydrogen-bond acceptors (Lipinski definition) is 0. The molecule has 0 fully saturated rings. The van der Waals surface area contributed by atoms with E-state index in [4.69, 9.17) is 0 Å². The van der Waals surface area contributed by atoms with E-state index in [2.05, 4.69) is 86.6 Å². The highest BCUT2D eigenvalue weighted by atomic mass is 14.9. The van der Waals surface area contributed by atoms with Gasteiger partial charge in [0.05, 0.1) is 0 Å². The third-order valence-electron chi connectivity index (χ3n) is 6.81. The zero-order valence-electron chi connectivity index (χ0n) is 17.2. The molecule has 0 amide bonds. The summed E-state index contributed by atoms with van der Waals surface area (Å²) in [5.74, 6) is 0. The number of hydrogen-bond donors (Lipinski definition) is 0. The summed E-state index contributed by atoms with van der Waals surface area (Å²) in [6.45, 7) is 13.1. The van der Waals surface area contributed by atoms with E-state index in [-0.39, 0.29) is 0 Å². The number of rotatable bonds is 0. The molecule has 140 valence electrons. The lowest BCUT2D eigenvalue weighted by atomic mass is 9.83. The summed E-state index contributed by atoms with van der Waals surface area (Å²) in [5, 5.41) is 6.03. The number of benzene rings is 2. The first-order chi connectivity index (χ1) is 13.4. The summed E-state index contributed by atoms with van der Waals surface area (Å²) in [6, 6.07) is 13.7. The Morgan fingerprint density at radius 3 is 2.11 bits per heavy atom. The third kappa shape index (κ3) is 2.15. The molecule has 0 unspecified atom stereocenters. The second-order valence-electron chi connectivity index (χ2n) is 8.19. The first kappa shape index (κ1) is 17.1. The van der Waals surface area contributed by atoms with Crippen LogP contribution in [0.4, 0.5) is 0 Å². The Kier molecular flexibility index (Phi) is 3.51. The number of aryl methyl sites for hydroxylation is 4. The highest BCUT2D eigenvalue weighted by Gasteiger charge is 2.20. The maximum absolute atomic E-state index is 4.50. The lowest BCUT2D eigenvalue weighted by molar-refractivity contribution is 0.851. The van der Waals surface area contributed by atoms with E-state index in [0.29, 0.717) is 0 Å². The Bertz CT molecular complexity index is 1480. The van der Waals surface area contributed by atoms with Crippen LogP contribution in [0.25, 0.3) is 35.2 Å². The predicted molar refractivity (Wildman–Crippen MR) is 119 cm³/mol. The van der Waals surface area contributed by atoms with Crippen LogP contribution in [0.3, 0.4) is 0 Å². The molecule has 5 rings (SSSR count). The molecule has 0 bridgehead atoms. The topological polar surface area (TPSA) is 9.86 Å². The molecule has 0 N–H and O–H groups in total. The molecule has 1 aliphatic carbocycles. The van der Waals surface area contributed by atoms with Gasteiger partial charge in [-0.1, -0.05) is 31.4 Å². The summed E-state index contributed by atoms with van der Waals surface area (Å²) >= 11 is 0. The van der Waals surface area contributed by atoms with E-state index in [1.807, 2.05) is 0 Å². The maximum Gasteiger partial charge on any atom is 0.0483 e. The van der Waals surface area contributed by atoms with Crippen molar-refractivity contribution in [3.63, 3.8) is 0 Å². The SMILES string of the molecule is C=c1c2c(cc/c1=c1\cc(C)n(C)c1=C)-c1ccc3c(cc(C)n3C)c1CC2. The van der Waals surface area contributed by atoms with Crippen LogP contribution >= 0.6 is 0 Å². The Hall–Kier alpha value is -3.00. The monoisotopic (exact) mass is 366 g/mol. The molecule has 0 saturated heterocycles. The molecular formula is C26H26N2. The van der Waals surface area contributed by atoms with Gasteiger partial charge in [0.25, 0.3) is 0 Å². The van der Waals surface area contributed by atoms with Crippen molar-refractivity contribution in [2.75, 3.05) is 0 Å². The molecule has 0 aliphatic heterocycles. The van der Waals surface area contributed by atoms with Crippen molar-refractivity contribution < 1.29 is 0 Å². The zero-order chi connectivity index (χ0) is 19.7. The molecule has 2 nitrogen and oxygen atoms in total. The lowest BCUT2D eigenvalue weighted by Crippen LogP contribution is -2.19. The van der Waals surface area contributed by atoms with Crippen molar-refractivity contribution in [2.24, 2.45) is 14.1 Å². The minimum absolute atomic E-state index is 1.04. The molecule has 4 aromatic rings. The molecule has 0 radical (unpaired) electrons. The van der Waals surface area contributed by atoms with Crippen LogP contribution in [-0.4, -0.2) is 9.13 Å². The zero-order valence-corrected chi connectivity index (χ0v) is 17.2. The van der Waals surface area contributed by atoms with Crippen LogP contribution in [0, 0.1) is 24.3 Å². The van der Waals surface area contributed by atoms with Gasteiger partial charge >= 0.3 is 0 Å². The fourth-order valence-corrected chi connectivity index (χ4v) is 4.87. The molecule has 1 aliphatic rings. The highest BCUT2D eigenvalue weighted by Crippen LogP contribution is 2.37. The van der Waals surface area contributed by atoms with Crippen LogP contribution in [0.1, 0.15) is 22.5 Å². The molecule has 0 spiro atoms. The van der Waals surface area contributed by atoms with Gasteiger partial charge in [-0.2, -0.15) is 0 Å². The van der Waals surface area contributed by atoms with Crippen LogP contribution in [0.5, 0.6) is 0 Å².